The second-order valence-corrected chi connectivity index (χ2v) is 8.86. The predicted molar refractivity (Wildman–Crippen MR) is 107 cm³/mol. The molecule has 6 nitrogen and oxygen atoms in total. The summed E-state index contributed by atoms with van der Waals surface area (Å²) in [6.45, 7) is 0. The third kappa shape index (κ3) is 3.94. The van der Waals surface area contributed by atoms with E-state index >= 15 is 0 Å². The van der Waals surface area contributed by atoms with Gasteiger partial charge in [-0.2, -0.15) is 0 Å². The molecule has 2 aliphatic carbocycles. The van der Waals surface area contributed by atoms with Crippen molar-refractivity contribution in [2.24, 2.45) is 5.73 Å². The summed E-state index contributed by atoms with van der Waals surface area (Å²) >= 11 is 1.76. The summed E-state index contributed by atoms with van der Waals surface area (Å²) in [5.74, 6) is 0.857. The van der Waals surface area contributed by atoms with Crippen LogP contribution >= 0.6 is 11.3 Å². The SMILES string of the molecule is CNC1CCC(Oc2ncnc3sc4c(c23)C(CCC(N)=O)CCC4)CC1. The molecular formula is C20H28N4O2S. The molecule has 1 atom stereocenters. The van der Waals surface area contributed by atoms with E-state index in [0.29, 0.717) is 18.4 Å². The molecule has 1 fully saturated rings. The van der Waals surface area contributed by atoms with Crippen LogP contribution in [0.3, 0.4) is 0 Å². The first-order valence-electron chi connectivity index (χ1n) is 10.0. The highest BCUT2D eigenvalue weighted by molar-refractivity contribution is 7.18. The molecule has 0 saturated heterocycles. The van der Waals surface area contributed by atoms with Crippen molar-refractivity contribution in [1.29, 1.82) is 0 Å². The molecule has 2 heterocycles. The smallest absolute Gasteiger partial charge is 0.225 e. The van der Waals surface area contributed by atoms with Gasteiger partial charge in [0.25, 0.3) is 0 Å². The summed E-state index contributed by atoms with van der Waals surface area (Å²) in [6.07, 6.45) is 10.8. The number of fused-ring (bicyclic) bond motifs is 3. The van der Waals surface area contributed by atoms with Gasteiger partial charge >= 0.3 is 0 Å². The number of aromatic nitrogens is 2. The average molecular weight is 389 g/mol. The molecule has 1 saturated carbocycles. The van der Waals surface area contributed by atoms with Crippen molar-refractivity contribution in [3.8, 4) is 5.88 Å². The Kier molecular flexibility index (Phi) is 5.59. The Hall–Kier alpha value is -1.73. The van der Waals surface area contributed by atoms with E-state index < -0.39 is 0 Å². The zero-order valence-corrected chi connectivity index (χ0v) is 16.7. The zero-order chi connectivity index (χ0) is 18.8. The predicted octanol–water partition coefficient (Wildman–Crippen LogP) is 3.29. The molecule has 2 aromatic rings. The summed E-state index contributed by atoms with van der Waals surface area (Å²) in [5, 5.41) is 4.45. The summed E-state index contributed by atoms with van der Waals surface area (Å²) in [5.41, 5.74) is 6.72. The van der Waals surface area contributed by atoms with Gasteiger partial charge in [0.15, 0.2) is 0 Å². The highest BCUT2D eigenvalue weighted by Crippen LogP contribution is 2.46. The minimum atomic E-state index is -0.226. The fourth-order valence-electron chi connectivity index (χ4n) is 4.57. The van der Waals surface area contributed by atoms with E-state index in [-0.39, 0.29) is 12.0 Å². The number of nitrogens with one attached hydrogen (secondary N) is 1. The number of amides is 1. The van der Waals surface area contributed by atoms with Gasteiger partial charge in [-0.25, -0.2) is 9.97 Å². The molecule has 1 unspecified atom stereocenters. The monoisotopic (exact) mass is 388 g/mol. The van der Waals surface area contributed by atoms with Crippen molar-refractivity contribution in [3.05, 3.63) is 16.8 Å². The molecule has 2 aliphatic rings. The zero-order valence-electron chi connectivity index (χ0n) is 15.9. The van der Waals surface area contributed by atoms with Crippen molar-refractivity contribution < 1.29 is 9.53 Å². The molecule has 7 heteroatoms. The number of hydrogen-bond donors (Lipinski definition) is 2. The van der Waals surface area contributed by atoms with E-state index in [4.69, 9.17) is 10.5 Å². The van der Waals surface area contributed by atoms with Crippen molar-refractivity contribution in [1.82, 2.24) is 15.3 Å². The molecular weight excluding hydrogens is 360 g/mol. The van der Waals surface area contributed by atoms with Crippen molar-refractivity contribution in [2.75, 3.05) is 7.05 Å². The van der Waals surface area contributed by atoms with Gasteiger partial charge in [0.05, 0.1) is 5.39 Å². The van der Waals surface area contributed by atoms with Gasteiger partial charge in [-0.1, -0.05) is 0 Å². The second-order valence-electron chi connectivity index (χ2n) is 7.77. The lowest BCUT2D eigenvalue weighted by Crippen LogP contribution is -2.34. The molecule has 0 spiro atoms. The number of carbonyl (C=O) groups is 1. The molecule has 3 N–H and O–H groups in total. The van der Waals surface area contributed by atoms with Crippen LogP contribution in [-0.4, -0.2) is 35.1 Å². The van der Waals surface area contributed by atoms with Gasteiger partial charge in [0.1, 0.15) is 17.3 Å². The molecule has 4 rings (SSSR count). The molecule has 0 aliphatic heterocycles. The Morgan fingerprint density at radius 1 is 1.30 bits per heavy atom. The summed E-state index contributed by atoms with van der Waals surface area (Å²) < 4.78 is 6.40. The number of primary amides is 1. The van der Waals surface area contributed by atoms with Crippen LogP contribution in [0.4, 0.5) is 0 Å². The first-order valence-corrected chi connectivity index (χ1v) is 10.9. The van der Waals surface area contributed by atoms with Crippen molar-refractivity contribution >= 4 is 27.5 Å². The lowest BCUT2D eigenvalue weighted by molar-refractivity contribution is -0.118. The number of nitrogens with two attached hydrogens (primary N) is 1. The Morgan fingerprint density at radius 2 is 2.11 bits per heavy atom. The Bertz CT molecular complexity index is 814. The van der Waals surface area contributed by atoms with Crippen LogP contribution in [0.2, 0.25) is 0 Å². The summed E-state index contributed by atoms with van der Waals surface area (Å²) in [7, 11) is 2.03. The first-order chi connectivity index (χ1) is 13.2. The topological polar surface area (TPSA) is 90.1 Å². The van der Waals surface area contributed by atoms with Crippen LogP contribution in [0, 0.1) is 0 Å². The van der Waals surface area contributed by atoms with E-state index in [0.717, 1.165) is 67.5 Å². The average Bonchev–Trinajstić information content (AvgIpc) is 3.07. The van der Waals surface area contributed by atoms with E-state index in [2.05, 4.69) is 15.3 Å². The van der Waals surface area contributed by atoms with Gasteiger partial charge < -0.3 is 15.8 Å². The van der Waals surface area contributed by atoms with Crippen molar-refractivity contribution in [3.63, 3.8) is 0 Å². The van der Waals surface area contributed by atoms with E-state index in [1.165, 1.54) is 10.4 Å². The standard InChI is InChI=1S/C20H28N4O2S/c1-22-13-6-8-14(9-7-13)26-19-18-17-12(5-10-16(21)25)3-2-4-15(17)27-20(18)24-11-23-19/h11-14,22H,2-10H2,1H3,(H2,21,25). The maximum absolute atomic E-state index is 11.3. The Labute approximate surface area is 163 Å². The maximum atomic E-state index is 11.3. The van der Waals surface area contributed by atoms with Crippen LogP contribution < -0.4 is 15.8 Å². The van der Waals surface area contributed by atoms with E-state index in [9.17, 15) is 4.79 Å². The van der Waals surface area contributed by atoms with Crippen molar-refractivity contribution in [2.45, 2.75) is 75.9 Å². The van der Waals surface area contributed by atoms with Crippen LogP contribution in [0.25, 0.3) is 10.2 Å². The van der Waals surface area contributed by atoms with Gasteiger partial charge in [0, 0.05) is 17.3 Å². The lowest BCUT2D eigenvalue weighted by atomic mass is 9.83. The van der Waals surface area contributed by atoms with Gasteiger partial charge in [0.2, 0.25) is 11.8 Å². The van der Waals surface area contributed by atoms with E-state index in [1.807, 2.05) is 7.05 Å². The minimum Gasteiger partial charge on any atom is -0.474 e. The molecule has 0 aromatic carbocycles. The van der Waals surface area contributed by atoms with E-state index in [1.54, 1.807) is 17.7 Å². The Morgan fingerprint density at radius 3 is 2.85 bits per heavy atom. The first kappa shape index (κ1) is 18.6. The minimum absolute atomic E-state index is 0.218. The fourth-order valence-corrected chi connectivity index (χ4v) is 5.82. The molecule has 2 aromatic heterocycles. The Balaban J connectivity index is 1.62. The number of aryl methyl sites for hydroxylation is 1. The highest BCUT2D eigenvalue weighted by Gasteiger charge is 2.29. The van der Waals surface area contributed by atoms with Gasteiger partial charge in [-0.05, 0) is 69.9 Å². The normalized spacial score (nSPS) is 25.3. The third-order valence-corrected chi connectivity index (χ3v) is 7.21. The van der Waals surface area contributed by atoms with Gasteiger partial charge in [-0.3, -0.25) is 4.79 Å². The lowest BCUT2D eigenvalue weighted by Gasteiger charge is -2.29. The number of hydrogen-bond acceptors (Lipinski definition) is 6. The van der Waals surface area contributed by atoms with Gasteiger partial charge in [-0.15, -0.1) is 11.3 Å². The number of ether oxygens (including phenoxy) is 1. The summed E-state index contributed by atoms with van der Waals surface area (Å²) in [6, 6.07) is 0.599. The number of carbonyl (C=O) groups excluding carboxylic acids is 1. The molecule has 0 bridgehead atoms. The molecule has 1 amide bonds. The fraction of sp³-hybridized carbons (Fsp3) is 0.650. The maximum Gasteiger partial charge on any atom is 0.225 e. The van der Waals surface area contributed by atoms with Crippen LogP contribution in [-0.2, 0) is 11.2 Å². The van der Waals surface area contributed by atoms with Crippen LogP contribution in [0.5, 0.6) is 5.88 Å². The molecule has 0 radical (unpaired) electrons. The van der Waals surface area contributed by atoms with Crippen LogP contribution in [0.1, 0.15) is 67.7 Å². The second kappa shape index (κ2) is 8.10. The molecule has 146 valence electrons. The third-order valence-electron chi connectivity index (χ3n) is 6.03. The summed E-state index contributed by atoms with van der Waals surface area (Å²) in [4.78, 5) is 22.7. The number of thiophene rings is 1. The highest BCUT2D eigenvalue weighted by atomic mass is 32.1. The van der Waals surface area contributed by atoms with Crippen LogP contribution in [0.15, 0.2) is 6.33 Å². The quantitative estimate of drug-likeness (QED) is 0.792. The largest absolute Gasteiger partial charge is 0.474 e. The number of rotatable bonds is 6. The molecule has 27 heavy (non-hydrogen) atoms. The number of nitrogens with zero attached hydrogens (tertiary/aromatic N) is 2.